The van der Waals surface area contributed by atoms with Crippen molar-refractivity contribution in [2.45, 2.75) is 24.7 Å². The summed E-state index contributed by atoms with van der Waals surface area (Å²) >= 11 is 0. The Labute approximate surface area is 182 Å². The Hall–Kier alpha value is -3.63. The lowest BCUT2D eigenvalue weighted by Crippen LogP contribution is -2.32. The van der Waals surface area contributed by atoms with Gasteiger partial charge in [0.2, 0.25) is 0 Å². The number of ether oxygens (including phenoxy) is 1. The van der Waals surface area contributed by atoms with Gasteiger partial charge in [0.15, 0.2) is 0 Å². The van der Waals surface area contributed by atoms with Gasteiger partial charge in [0, 0.05) is 6.54 Å². The van der Waals surface area contributed by atoms with Crippen molar-refractivity contribution in [1.82, 2.24) is 0 Å². The SMILES string of the molecule is CCCCN(c1ccccc1)S(=O)(=O)c1cccc(C(=O)Oc2ccccc2C#N)c1. The fourth-order valence-electron chi connectivity index (χ4n) is 3.00. The number of esters is 1. The number of carbonyl (C=O) groups excluding carboxylic acids is 1. The van der Waals surface area contributed by atoms with E-state index in [4.69, 9.17) is 10.00 Å². The molecule has 3 aromatic carbocycles. The summed E-state index contributed by atoms with van der Waals surface area (Å²) in [5, 5.41) is 9.17. The molecule has 0 aliphatic rings. The fraction of sp³-hybridized carbons (Fsp3) is 0.167. The van der Waals surface area contributed by atoms with Crippen molar-refractivity contribution in [3.05, 3.63) is 90.0 Å². The predicted octanol–water partition coefficient (Wildman–Crippen LogP) is 4.77. The van der Waals surface area contributed by atoms with Crippen molar-refractivity contribution in [2.24, 2.45) is 0 Å². The molecule has 0 heterocycles. The molecule has 0 saturated heterocycles. The summed E-state index contributed by atoms with van der Waals surface area (Å²) in [4.78, 5) is 12.6. The molecule has 3 aromatic rings. The van der Waals surface area contributed by atoms with Gasteiger partial charge in [0.1, 0.15) is 11.8 Å². The van der Waals surface area contributed by atoms with Gasteiger partial charge >= 0.3 is 5.97 Å². The molecule has 6 nitrogen and oxygen atoms in total. The quantitative estimate of drug-likeness (QED) is 0.376. The molecule has 0 aliphatic heterocycles. The molecule has 0 unspecified atom stereocenters. The number of benzene rings is 3. The first-order valence-corrected chi connectivity index (χ1v) is 11.3. The lowest BCUT2D eigenvalue weighted by atomic mass is 10.2. The number of hydrogen-bond acceptors (Lipinski definition) is 5. The van der Waals surface area contributed by atoms with Crippen LogP contribution in [0.15, 0.2) is 83.8 Å². The second-order valence-corrected chi connectivity index (χ2v) is 8.65. The minimum Gasteiger partial charge on any atom is -0.422 e. The third kappa shape index (κ3) is 5.11. The number of nitriles is 1. The summed E-state index contributed by atoms with van der Waals surface area (Å²) in [6, 6.07) is 22.9. The van der Waals surface area contributed by atoms with E-state index in [9.17, 15) is 13.2 Å². The van der Waals surface area contributed by atoms with Crippen LogP contribution in [0.25, 0.3) is 0 Å². The number of carbonyl (C=O) groups is 1. The molecule has 7 heteroatoms. The van der Waals surface area contributed by atoms with Crippen LogP contribution in [0.1, 0.15) is 35.7 Å². The molecule has 0 saturated carbocycles. The Bertz CT molecular complexity index is 1200. The topological polar surface area (TPSA) is 87.5 Å². The largest absolute Gasteiger partial charge is 0.422 e. The Morgan fingerprint density at radius 3 is 2.42 bits per heavy atom. The van der Waals surface area contributed by atoms with Gasteiger partial charge in [-0.1, -0.05) is 49.7 Å². The molecule has 31 heavy (non-hydrogen) atoms. The third-order valence-corrected chi connectivity index (χ3v) is 6.45. The molecule has 0 atom stereocenters. The Balaban J connectivity index is 1.93. The number of nitrogens with zero attached hydrogens (tertiary/aromatic N) is 2. The monoisotopic (exact) mass is 434 g/mol. The smallest absolute Gasteiger partial charge is 0.343 e. The van der Waals surface area contributed by atoms with Gasteiger partial charge in [-0.2, -0.15) is 5.26 Å². The molecule has 0 aromatic heterocycles. The number of hydrogen-bond donors (Lipinski definition) is 0. The molecule has 0 fully saturated rings. The van der Waals surface area contributed by atoms with Gasteiger partial charge in [-0.25, -0.2) is 13.2 Å². The van der Waals surface area contributed by atoms with E-state index in [1.54, 1.807) is 36.4 Å². The Morgan fingerprint density at radius 1 is 1.00 bits per heavy atom. The van der Waals surface area contributed by atoms with Crippen LogP contribution in [-0.4, -0.2) is 20.9 Å². The molecule has 0 bridgehead atoms. The predicted molar refractivity (Wildman–Crippen MR) is 118 cm³/mol. The van der Waals surface area contributed by atoms with Crippen molar-refractivity contribution in [1.29, 1.82) is 5.26 Å². The van der Waals surface area contributed by atoms with Gasteiger partial charge in [-0.3, -0.25) is 4.31 Å². The van der Waals surface area contributed by atoms with E-state index in [1.165, 1.54) is 40.7 Å². The van der Waals surface area contributed by atoms with Crippen molar-refractivity contribution >= 4 is 21.7 Å². The van der Waals surface area contributed by atoms with Crippen molar-refractivity contribution < 1.29 is 17.9 Å². The maximum absolute atomic E-state index is 13.4. The van der Waals surface area contributed by atoms with Crippen LogP contribution in [0.5, 0.6) is 5.75 Å². The van der Waals surface area contributed by atoms with E-state index < -0.39 is 16.0 Å². The van der Waals surface area contributed by atoms with Crippen LogP contribution in [0.2, 0.25) is 0 Å². The highest BCUT2D eigenvalue weighted by Gasteiger charge is 2.25. The van der Waals surface area contributed by atoms with Crippen LogP contribution < -0.4 is 9.04 Å². The lowest BCUT2D eigenvalue weighted by molar-refractivity contribution is 0.0734. The average molecular weight is 435 g/mol. The molecular formula is C24H22N2O4S. The van der Waals surface area contributed by atoms with Crippen molar-refractivity contribution in [3.8, 4) is 11.8 Å². The highest BCUT2D eigenvalue weighted by Crippen LogP contribution is 2.25. The summed E-state index contributed by atoms with van der Waals surface area (Å²) in [6.07, 6.45) is 1.53. The number of sulfonamides is 1. The zero-order valence-electron chi connectivity index (χ0n) is 17.1. The highest BCUT2D eigenvalue weighted by atomic mass is 32.2. The molecule has 3 rings (SSSR count). The third-order valence-electron chi connectivity index (χ3n) is 4.63. The molecule has 158 valence electrons. The van der Waals surface area contributed by atoms with Gasteiger partial charge in [0.25, 0.3) is 10.0 Å². The lowest BCUT2D eigenvalue weighted by Gasteiger charge is -2.24. The second kappa shape index (κ2) is 9.92. The van der Waals surface area contributed by atoms with Crippen LogP contribution >= 0.6 is 0 Å². The van der Waals surface area contributed by atoms with Gasteiger partial charge in [-0.05, 0) is 48.9 Å². The van der Waals surface area contributed by atoms with E-state index in [1.807, 2.05) is 19.1 Å². The molecule has 0 N–H and O–H groups in total. The number of unbranched alkanes of at least 4 members (excludes halogenated alkanes) is 1. The Kier molecular flexibility index (Phi) is 7.06. The number of rotatable bonds is 8. The molecule has 0 radical (unpaired) electrons. The number of para-hydroxylation sites is 2. The van der Waals surface area contributed by atoms with Crippen molar-refractivity contribution in [2.75, 3.05) is 10.8 Å². The summed E-state index contributed by atoms with van der Waals surface area (Å²) in [7, 11) is -3.89. The zero-order valence-corrected chi connectivity index (χ0v) is 17.9. The first-order valence-electron chi connectivity index (χ1n) is 9.86. The highest BCUT2D eigenvalue weighted by molar-refractivity contribution is 7.92. The van der Waals surface area contributed by atoms with Crippen molar-refractivity contribution in [3.63, 3.8) is 0 Å². The second-order valence-electron chi connectivity index (χ2n) is 6.79. The van der Waals surface area contributed by atoms with Gasteiger partial charge < -0.3 is 4.74 Å². The summed E-state index contributed by atoms with van der Waals surface area (Å²) in [6.45, 7) is 2.32. The standard InChI is InChI=1S/C24H22N2O4S/c1-2-3-16-26(21-12-5-4-6-13-21)31(28,29)22-14-9-11-19(17-22)24(27)30-23-15-8-7-10-20(23)18-25/h4-15,17H,2-3,16H2,1H3. The van der Waals surface area contributed by atoms with E-state index >= 15 is 0 Å². The fourth-order valence-corrected chi connectivity index (χ4v) is 4.55. The molecule has 0 aliphatic carbocycles. The Morgan fingerprint density at radius 2 is 1.71 bits per heavy atom. The number of anilines is 1. The van der Waals surface area contributed by atoms with E-state index in [0.717, 1.165) is 6.42 Å². The van der Waals surface area contributed by atoms with Crippen LogP contribution in [0.3, 0.4) is 0 Å². The maximum atomic E-state index is 13.4. The van der Waals surface area contributed by atoms with Crippen LogP contribution in [0.4, 0.5) is 5.69 Å². The maximum Gasteiger partial charge on any atom is 0.343 e. The minimum atomic E-state index is -3.89. The van der Waals surface area contributed by atoms with Crippen LogP contribution in [0, 0.1) is 11.3 Å². The van der Waals surface area contributed by atoms with E-state index in [-0.39, 0.29) is 21.8 Å². The average Bonchev–Trinajstić information content (AvgIpc) is 2.80. The summed E-state index contributed by atoms with van der Waals surface area (Å²) in [5.74, 6) is -0.614. The van der Waals surface area contributed by atoms with Crippen LogP contribution in [-0.2, 0) is 10.0 Å². The molecule has 0 spiro atoms. The minimum absolute atomic E-state index is 0.00419. The van der Waals surface area contributed by atoms with E-state index in [2.05, 4.69) is 0 Å². The first-order chi connectivity index (χ1) is 15.0. The summed E-state index contributed by atoms with van der Waals surface area (Å²) < 4.78 is 33.5. The van der Waals surface area contributed by atoms with Gasteiger partial charge in [-0.15, -0.1) is 0 Å². The van der Waals surface area contributed by atoms with E-state index in [0.29, 0.717) is 18.7 Å². The zero-order chi connectivity index (χ0) is 22.3. The normalized spacial score (nSPS) is 10.8. The molecular weight excluding hydrogens is 412 g/mol. The summed E-state index contributed by atoms with van der Waals surface area (Å²) in [5.41, 5.74) is 0.860. The van der Waals surface area contributed by atoms with Gasteiger partial charge in [0.05, 0.1) is 21.7 Å². The first kappa shape index (κ1) is 22.1. The molecule has 0 amide bonds.